The number of halogens is 1. The molecular formula is C13H15FN2O4S. The van der Waals surface area contributed by atoms with Gasteiger partial charge >= 0.3 is 0 Å². The van der Waals surface area contributed by atoms with Crippen LogP contribution >= 0.6 is 0 Å². The first-order valence-corrected chi connectivity index (χ1v) is 7.82. The van der Waals surface area contributed by atoms with Crippen molar-refractivity contribution in [2.75, 3.05) is 0 Å². The largest absolute Gasteiger partial charge is 0.295 e. The Kier molecular flexibility index (Phi) is 4.11. The van der Waals surface area contributed by atoms with E-state index in [0.717, 1.165) is 12.1 Å². The molecule has 1 unspecified atom stereocenters. The Bertz CT molecular complexity index is 692. The zero-order valence-corrected chi connectivity index (χ0v) is 12.4. The fourth-order valence-electron chi connectivity index (χ4n) is 2.37. The molecule has 6 nitrogen and oxygen atoms in total. The van der Waals surface area contributed by atoms with E-state index in [1.165, 1.54) is 13.8 Å². The van der Waals surface area contributed by atoms with E-state index in [9.17, 15) is 22.4 Å². The van der Waals surface area contributed by atoms with Gasteiger partial charge in [-0.3, -0.25) is 14.9 Å². The minimum absolute atomic E-state index is 0.0476. The van der Waals surface area contributed by atoms with Crippen LogP contribution in [0.25, 0.3) is 0 Å². The number of hydrogen-bond donors (Lipinski definition) is 2. The molecule has 2 rings (SSSR count). The monoisotopic (exact) mass is 314 g/mol. The van der Waals surface area contributed by atoms with Crippen LogP contribution in [-0.2, 0) is 19.6 Å². The summed E-state index contributed by atoms with van der Waals surface area (Å²) in [7, 11) is -3.98. The summed E-state index contributed by atoms with van der Waals surface area (Å²) in [5, 5.41) is 2.08. The van der Waals surface area contributed by atoms with E-state index in [0.29, 0.717) is 0 Å². The minimum atomic E-state index is -3.98. The van der Waals surface area contributed by atoms with Gasteiger partial charge < -0.3 is 0 Å². The van der Waals surface area contributed by atoms with Crippen molar-refractivity contribution in [1.29, 1.82) is 0 Å². The van der Waals surface area contributed by atoms with Gasteiger partial charge in [0.15, 0.2) is 0 Å². The first-order chi connectivity index (χ1) is 9.70. The van der Waals surface area contributed by atoms with Gasteiger partial charge in [-0.25, -0.2) is 12.8 Å². The molecule has 1 aliphatic heterocycles. The summed E-state index contributed by atoms with van der Waals surface area (Å²) in [6.07, 6.45) is 0.170. The number of aryl methyl sites for hydroxylation is 2. The molecule has 1 atom stereocenters. The Labute approximate surface area is 121 Å². The number of sulfonamides is 1. The predicted molar refractivity (Wildman–Crippen MR) is 72.4 cm³/mol. The molecule has 0 radical (unpaired) electrons. The van der Waals surface area contributed by atoms with E-state index in [2.05, 4.69) is 10.0 Å². The van der Waals surface area contributed by atoms with Gasteiger partial charge in [-0.2, -0.15) is 4.72 Å². The maximum Gasteiger partial charge on any atom is 0.244 e. The topological polar surface area (TPSA) is 92.3 Å². The third kappa shape index (κ3) is 3.27. The molecule has 0 aliphatic carbocycles. The zero-order chi connectivity index (χ0) is 15.8. The van der Waals surface area contributed by atoms with E-state index < -0.39 is 33.7 Å². The fraction of sp³-hybridized carbons (Fsp3) is 0.385. The van der Waals surface area contributed by atoms with Crippen LogP contribution in [0.2, 0.25) is 0 Å². The Morgan fingerprint density at radius 2 is 1.81 bits per heavy atom. The third-order valence-electron chi connectivity index (χ3n) is 3.23. The summed E-state index contributed by atoms with van der Waals surface area (Å²) >= 11 is 0. The van der Waals surface area contributed by atoms with E-state index >= 15 is 0 Å². The molecule has 21 heavy (non-hydrogen) atoms. The Hall–Kier alpha value is -1.80. The lowest BCUT2D eigenvalue weighted by Gasteiger charge is -2.22. The average molecular weight is 314 g/mol. The number of rotatable bonds is 3. The molecule has 0 aromatic heterocycles. The molecule has 1 aromatic carbocycles. The maximum atomic E-state index is 13.2. The van der Waals surface area contributed by atoms with Gasteiger partial charge in [0.2, 0.25) is 21.8 Å². The number of carbonyl (C=O) groups is 2. The summed E-state index contributed by atoms with van der Waals surface area (Å²) in [6.45, 7) is 2.96. The van der Waals surface area contributed by atoms with Crippen molar-refractivity contribution in [3.05, 3.63) is 29.1 Å². The molecular weight excluding hydrogens is 299 g/mol. The summed E-state index contributed by atoms with van der Waals surface area (Å²) in [5.74, 6) is -1.62. The van der Waals surface area contributed by atoms with Crippen molar-refractivity contribution in [3.63, 3.8) is 0 Å². The van der Waals surface area contributed by atoms with E-state index in [4.69, 9.17) is 0 Å². The first-order valence-electron chi connectivity index (χ1n) is 6.33. The minimum Gasteiger partial charge on any atom is -0.295 e. The molecule has 0 bridgehead atoms. The highest BCUT2D eigenvalue weighted by atomic mass is 32.2. The number of piperidine rings is 1. The molecule has 1 saturated heterocycles. The highest BCUT2D eigenvalue weighted by Crippen LogP contribution is 2.22. The normalized spacial score (nSPS) is 19.5. The van der Waals surface area contributed by atoms with Crippen molar-refractivity contribution in [2.24, 2.45) is 0 Å². The smallest absolute Gasteiger partial charge is 0.244 e. The van der Waals surface area contributed by atoms with Gasteiger partial charge in [0.05, 0.1) is 4.90 Å². The standard InChI is InChI=1S/C13H15FN2O4S/c1-7-5-9(14)6-8(2)12(7)21(19,20)16-10-3-4-11(17)15-13(10)18/h5-6,10,16H,3-4H2,1-2H3,(H,15,17,18). The highest BCUT2D eigenvalue weighted by Gasteiger charge is 2.32. The lowest BCUT2D eigenvalue weighted by atomic mass is 10.1. The van der Waals surface area contributed by atoms with Crippen LogP contribution in [0.1, 0.15) is 24.0 Å². The molecule has 0 saturated carbocycles. The number of amides is 2. The molecule has 1 aliphatic rings. The molecule has 114 valence electrons. The quantitative estimate of drug-likeness (QED) is 0.796. The number of imide groups is 1. The lowest BCUT2D eigenvalue weighted by molar-refractivity contribution is -0.134. The van der Waals surface area contributed by atoms with Crippen LogP contribution in [0.4, 0.5) is 4.39 Å². The zero-order valence-electron chi connectivity index (χ0n) is 11.6. The average Bonchev–Trinajstić information content (AvgIpc) is 2.30. The Morgan fingerprint density at radius 1 is 1.24 bits per heavy atom. The second-order valence-electron chi connectivity index (χ2n) is 4.99. The van der Waals surface area contributed by atoms with Crippen LogP contribution < -0.4 is 10.0 Å². The van der Waals surface area contributed by atoms with Crippen molar-refractivity contribution in [2.45, 2.75) is 37.6 Å². The number of hydrogen-bond acceptors (Lipinski definition) is 4. The van der Waals surface area contributed by atoms with Gasteiger partial charge in [-0.15, -0.1) is 0 Å². The Morgan fingerprint density at radius 3 is 2.33 bits per heavy atom. The molecule has 0 spiro atoms. The molecule has 2 N–H and O–H groups in total. The van der Waals surface area contributed by atoms with Gasteiger partial charge in [-0.1, -0.05) is 0 Å². The predicted octanol–water partition coefficient (Wildman–Crippen LogP) is 0.526. The summed E-state index contributed by atoms with van der Waals surface area (Å²) in [4.78, 5) is 22.6. The number of nitrogens with one attached hydrogen (secondary N) is 2. The second-order valence-corrected chi connectivity index (χ2v) is 6.64. The van der Waals surface area contributed by atoms with Crippen molar-refractivity contribution in [1.82, 2.24) is 10.0 Å². The first kappa shape index (κ1) is 15.6. The van der Waals surface area contributed by atoms with Crippen molar-refractivity contribution >= 4 is 21.8 Å². The summed E-state index contributed by atoms with van der Waals surface area (Å²) in [5.41, 5.74) is 0.514. The molecule has 2 amide bonds. The van der Waals surface area contributed by atoms with Crippen molar-refractivity contribution < 1.29 is 22.4 Å². The van der Waals surface area contributed by atoms with E-state index in [1.54, 1.807) is 0 Å². The van der Waals surface area contributed by atoms with Crippen LogP contribution in [0.3, 0.4) is 0 Å². The van der Waals surface area contributed by atoms with Crippen molar-refractivity contribution in [3.8, 4) is 0 Å². The van der Waals surface area contributed by atoms with Gasteiger partial charge in [0.25, 0.3) is 0 Å². The van der Waals surface area contributed by atoms with Gasteiger partial charge in [0, 0.05) is 6.42 Å². The summed E-state index contributed by atoms with van der Waals surface area (Å²) < 4.78 is 40.3. The van der Waals surface area contributed by atoms with Gasteiger partial charge in [-0.05, 0) is 43.5 Å². The molecule has 1 fully saturated rings. The highest BCUT2D eigenvalue weighted by molar-refractivity contribution is 7.89. The van der Waals surface area contributed by atoms with E-state index in [-0.39, 0.29) is 28.9 Å². The Balaban J connectivity index is 2.31. The number of carbonyl (C=O) groups excluding carboxylic acids is 2. The van der Waals surface area contributed by atoms with Crippen LogP contribution in [0.15, 0.2) is 17.0 Å². The molecule has 1 aromatic rings. The van der Waals surface area contributed by atoms with Crippen LogP contribution in [-0.4, -0.2) is 26.3 Å². The third-order valence-corrected chi connectivity index (χ3v) is 5.01. The second kappa shape index (κ2) is 5.53. The summed E-state index contributed by atoms with van der Waals surface area (Å²) in [6, 6.07) is 1.23. The van der Waals surface area contributed by atoms with E-state index in [1.807, 2.05) is 0 Å². The van der Waals surface area contributed by atoms with Gasteiger partial charge in [0.1, 0.15) is 11.9 Å². The maximum absolute atomic E-state index is 13.2. The molecule has 1 heterocycles. The van der Waals surface area contributed by atoms with Crippen LogP contribution in [0.5, 0.6) is 0 Å². The fourth-order valence-corrected chi connectivity index (χ4v) is 4.06. The van der Waals surface area contributed by atoms with Crippen LogP contribution in [0, 0.1) is 19.7 Å². The lowest BCUT2D eigenvalue weighted by Crippen LogP contribution is -2.52. The number of benzene rings is 1. The molecule has 8 heteroatoms. The SMILES string of the molecule is Cc1cc(F)cc(C)c1S(=O)(=O)NC1CCC(=O)NC1=O.